The van der Waals surface area contributed by atoms with Gasteiger partial charge in [-0.3, -0.25) is 19.5 Å². The first-order chi connectivity index (χ1) is 18.3. The minimum Gasteiger partial charge on any atom is -0.463 e. The summed E-state index contributed by atoms with van der Waals surface area (Å²) < 4.78 is 13.7. The van der Waals surface area contributed by atoms with Crippen LogP contribution >= 0.6 is 27.3 Å². The summed E-state index contributed by atoms with van der Waals surface area (Å²) in [5, 5.41) is 11.0. The second-order valence-electron chi connectivity index (χ2n) is 8.34. The molecule has 5 rings (SSSR count). The van der Waals surface area contributed by atoms with E-state index < -0.39 is 16.9 Å². The van der Waals surface area contributed by atoms with Crippen LogP contribution in [0.5, 0.6) is 0 Å². The lowest BCUT2D eigenvalue weighted by molar-refractivity contribution is -0.384. The molecule has 9 nitrogen and oxygen atoms in total. The first-order valence-corrected chi connectivity index (χ1v) is 13.2. The van der Waals surface area contributed by atoms with E-state index in [4.69, 9.17) is 9.15 Å². The molecule has 38 heavy (non-hydrogen) atoms. The number of carbonyl (C=O) groups excluding carboxylic acids is 1. The van der Waals surface area contributed by atoms with Crippen LogP contribution in [0.15, 0.2) is 90.6 Å². The van der Waals surface area contributed by atoms with Crippen molar-refractivity contribution in [2.45, 2.75) is 19.9 Å². The Morgan fingerprint density at radius 1 is 1.24 bits per heavy atom. The maximum Gasteiger partial charge on any atom is 0.338 e. The van der Waals surface area contributed by atoms with Crippen molar-refractivity contribution in [3.63, 3.8) is 0 Å². The molecule has 0 radical (unpaired) electrons. The number of nitrogens with zero attached hydrogens (tertiary/aromatic N) is 3. The Morgan fingerprint density at radius 2 is 2.00 bits per heavy atom. The Morgan fingerprint density at radius 3 is 2.68 bits per heavy atom. The Balaban J connectivity index is 1.60. The number of ether oxygens (including phenoxy) is 1. The van der Waals surface area contributed by atoms with E-state index >= 15 is 0 Å². The molecular formula is C27H20BrN3O6S. The van der Waals surface area contributed by atoms with Crippen molar-refractivity contribution < 1.29 is 18.9 Å². The zero-order valence-corrected chi connectivity index (χ0v) is 22.6. The molecule has 0 saturated heterocycles. The highest BCUT2D eigenvalue weighted by molar-refractivity contribution is 9.10. The fourth-order valence-corrected chi connectivity index (χ4v) is 5.85. The van der Waals surface area contributed by atoms with E-state index in [0.717, 1.165) is 5.56 Å². The second kappa shape index (κ2) is 10.3. The van der Waals surface area contributed by atoms with Gasteiger partial charge in [0, 0.05) is 28.2 Å². The number of allylic oxidation sites excluding steroid dienone is 1. The molecule has 2 aromatic carbocycles. The summed E-state index contributed by atoms with van der Waals surface area (Å²) in [6, 6.07) is 16.4. The summed E-state index contributed by atoms with van der Waals surface area (Å²) in [6.45, 7) is 3.67. The standard InChI is InChI=1S/C27H20BrN3O6S/c1-3-36-26(33)23-15(2)29-27-30(24(23)16-7-5-4-6-8-16)25(32)22(38-27)14-18-10-12-21(37-18)19-11-9-17(31(34)35)13-20(19)28/h4-14,24H,3H2,1-2H3. The molecule has 1 unspecified atom stereocenters. The summed E-state index contributed by atoms with van der Waals surface area (Å²) in [5.41, 5.74) is 1.86. The Labute approximate surface area is 228 Å². The number of nitro benzene ring substituents is 1. The molecule has 0 bridgehead atoms. The third-order valence-electron chi connectivity index (χ3n) is 5.96. The minimum atomic E-state index is -0.683. The van der Waals surface area contributed by atoms with Crippen LogP contribution in [0.1, 0.15) is 31.2 Å². The van der Waals surface area contributed by atoms with Gasteiger partial charge in [0.25, 0.3) is 11.2 Å². The van der Waals surface area contributed by atoms with Gasteiger partial charge in [0.05, 0.1) is 33.4 Å². The van der Waals surface area contributed by atoms with Crippen molar-refractivity contribution in [2.75, 3.05) is 6.61 Å². The molecule has 4 aromatic rings. The zero-order valence-electron chi connectivity index (χ0n) is 20.2. The van der Waals surface area contributed by atoms with Crippen molar-refractivity contribution in [1.82, 2.24) is 4.57 Å². The van der Waals surface area contributed by atoms with Crippen LogP contribution in [0.3, 0.4) is 0 Å². The number of halogens is 1. The van der Waals surface area contributed by atoms with Crippen LogP contribution in [0.25, 0.3) is 17.4 Å². The summed E-state index contributed by atoms with van der Waals surface area (Å²) in [5.74, 6) is 0.391. The normalized spacial score (nSPS) is 15.2. The van der Waals surface area contributed by atoms with Gasteiger partial charge in [-0.1, -0.05) is 41.7 Å². The van der Waals surface area contributed by atoms with Crippen LogP contribution in [0.4, 0.5) is 5.69 Å². The Bertz CT molecular complexity index is 1780. The third kappa shape index (κ3) is 4.66. The molecule has 0 amide bonds. The molecule has 0 aliphatic carbocycles. The average molecular weight is 594 g/mol. The quantitative estimate of drug-likeness (QED) is 0.181. The van der Waals surface area contributed by atoms with E-state index in [1.807, 2.05) is 30.3 Å². The highest BCUT2D eigenvalue weighted by atomic mass is 79.9. The van der Waals surface area contributed by atoms with Gasteiger partial charge in [-0.25, -0.2) is 9.79 Å². The summed E-state index contributed by atoms with van der Waals surface area (Å²) >= 11 is 4.56. The van der Waals surface area contributed by atoms with Gasteiger partial charge in [-0.05, 0) is 53.5 Å². The van der Waals surface area contributed by atoms with E-state index in [1.165, 1.54) is 28.0 Å². The molecule has 1 aliphatic rings. The summed E-state index contributed by atoms with van der Waals surface area (Å²) in [6.07, 6.45) is 1.62. The van der Waals surface area contributed by atoms with Gasteiger partial charge < -0.3 is 9.15 Å². The number of furan rings is 1. The molecule has 3 heterocycles. The largest absolute Gasteiger partial charge is 0.463 e. The van der Waals surface area contributed by atoms with Crippen molar-refractivity contribution in [3.05, 3.63) is 118 Å². The summed E-state index contributed by atoms with van der Waals surface area (Å²) in [4.78, 5) is 42.2. The van der Waals surface area contributed by atoms with Crippen LogP contribution in [-0.2, 0) is 9.53 Å². The van der Waals surface area contributed by atoms with Crippen LogP contribution in [0, 0.1) is 10.1 Å². The van der Waals surface area contributed by atoms with Crippen molar-refractivity contribution >= 4 is 45.0 Å². The molecule has 1 aliphatic heterocycles. The first-order valence-electron chi connectivity index (χ1n) is 11.6. The molecule has 1 atom stereocenters. The van der Waals surface area contributed by atoms with E-state index in [1.54, 1.807) is 38.1 Å². The predicted molar refractivity (Wildman–Crippen MR) is 145 cm³/mol. The van der Waals surface area contributed by atoms with Gasteiger partial charge in [-0.2, -0.15) is 0 Å². The van der Waals surface area contributed by atoms with Gasteiger partial charge in [0.2, 0.25) is 0 Å². The van der Waals surface area contributed by atoms with Crippen molar-refractivity contribution in [3.8, 4) is 11.3 Å². The number of rotatable bonds is 6. The maximum absolute atomic E-state index is 13.7. The van der Waals surface area contributed by atoms with E-state index in [9.17, 15) is 19.7 Å². The van der Waals surface area contributed by atoms with Crippen molar-refractivity contribution in [1.29, 1.82) is 0 Å². The van der Waals surface area contributed by atoms with Crippen molar-refractivity contribution in [2.24, 2.45) is 4.99 Å². The van der Waals surface area contributed by atoms with Gasteiger partial charge in [0.1, 0.15) is 11.5 Å². The molecule has 192 valence electrons. The number of nitro groups is 1. The average Bonchev–Trinajstić information content (AvgIpc) is 3.48. The Kier molecular flexibility index (Phi) is 6.96. The smallest absolute Gasteiger partial charge is 0.338 e. The lowest BCUT2D eigenvalue weighted by Crippen LogP contribution is -2.39. The van der Waals surface area contributed by atoms with E-state index in [2.05, 4.69) is 20.9 Å². The molecule has 0 spiro atoms. The molecule has 0 N–H and O–H groups in total. The highest BCUT2D eigenvalue weighted by Gasteiger charge is 2.33. The number of esters is 1. The number of aromatic nitrogens is 1. The second-order valence-corrected chi connectivity index (χ2v) is 10.2. The lowest BCUT2D eigenvalue weighted by atomic mass is 9.96. The topological polar surface area (TPSA) is 117 Å². The number of hydrogen-bond donors (Lipinski definition) is 0. The highest BCUT2D eigenvalue weighted by Crippen LogP contribution is 2.33. The number of fused-ring (bicyclic) bond motifs is 1. The molecular weight excluding hydrogens is 574 g/mol. The summed E-state index contributed by atoms with van der Waals surface area (Å²) in [7, 11) is 0. The van der Waals surface area contributed by atoms with Gasteiger partial charge in [0.15, 0.2) is 4.80 Å². The van der Waals surface area contributed by atoms with Crippen LogP contribution < -0.4 is 14.9 Å². The van der Waals surface area contributed by atoms with Crippen LogP contribution in [0.2, 0.25) is 0 Å². The molecule has 2 aromatic heterocycles. The molecule has 0 fully saturated rings. The molecule has 11 heteroatoms. The number of benzene rings is 2. The van der Waals surface area contributed by atoms with Gasteiger partial charge in [-0.15, -0.1) is 0 Å². The van der Waals surface area contributed by atoms with E-state index in [0.29, 0.717) is 42.2 Å². The fraction of sp³-hybridized carbons (Fsp3) is 0.148. The number of hydrogen-bond acceptors (Lipinski definition) is 8. The number of carbonyl (C=O) groups is 1. The monoisotopic (exact) mass is 593 g/mol. The number of non-ortho nitro benzene ring substituents is 1. The predicted octanol–water partition coefficient (Wildman–Crippen LogP) is 4.73. The van der Waals surface area contributed by atoms with Gasteiger partial charge >= 0.3 is 5.97 Å². The zero-order chi connectivity index (χ0) is 27.0. The van der Waals surface area contributed by atoms with Crippen LogP contribution in [-0.4, -0.2) is 22.1 Å². The Hall–Kier alpha value is -4.09. The maximum atomic E-state index is 13.7. The fourth-order valence-electron chi connectivity index (χ4n) is 4.26. The minimum absolute atomic E-state index is 0.0426. The lowest BCUT2D eigenvalue weighted by Gasteiger charge is -2.24. The van der Waals surface area contributed by atoms with E-state index in [-0.39, 0.29) is 17.9 Å². The SMILES string of the molecule is CCOC(=O)C1=C(C)N=c2sc(=Cc3ccc(-c4ccc([N+](=O)[O-])cc4Br)o3)c(=O)n2C1c1ccccc1. The number of thiazole rings is 1. The molecule has 0 saturated carbocycles. The first kappa shape index (κ1) is 25.6. The third-order valence-corrected chi connectivity index (χ3v) is 7.60.